The molecular formula is C17H26N2O2. The Morgan fingerprint density at radius 3 is 2.24 bits per heavy atom. The zero-order valence-electron chi connectivity index (χ0n) is 13.5. The molecule has 4 heteroatoms. The summed E-state index contributed by atoms with van der Waals surface area (Å²) in [6.07, 6.45) is 0.485. The van der Waals surface area contributed by atoms with Gasteiger partial charge in [-0.1, -0.05) is 43.7 Å². The topological polar surface area (TPSA) is 63.4 Å². The summed E-state index contributed by atoms with van der Waals surface area (Å²) in [4.78, 5) is 25.8. The lowest BCUT2D eigenvalue weighted by Gasteiger charge is -2.29. The minimum absolute atomic E-state index is 0.00911. The van der Waals surface area contributed by atoms with E-state index >= 15 is 0 Å². The summed E-state index contributed by atoms with van der Waals surface area (Å²) < 4.78 is 0. The molecule has 0 unspecified atom stereocenters. The van der Waals surface area contributed by atoms with Crippen LogP contribution in [0.2, 0.25) is 0 Å². The molecule has 0 atom stereocenters. The van der Waals surface area contributed by atoms with E-state index in [1.54, 1.807) is 11.9 Å². The fraction of sp³-hybridized carbons (Fsp3) is 0.529. The molecule has 0 spiro atoms. The van der Waals surface area contributed by atoms with Crippen LogP contribution >= 0.6 is 0 Å². The van der Waals surface area contributed by atoms with Gasteiger partial charge in [0.25, 0.3) is 0 Å². The lowest BCUT2D eigenvalue weighted by atomic mass is 9.93. The molecule has 0 bridgehead atoms. The SMILES string of the molecule is Cc1ccc(C(=O)CCC(=O)N(C)CC(C)(C)CN)cc1. The number of nitrogens with zero attached hydrogens (tertiary/aromatic N) is 1. The molecule has 0 saturated carbocycles. The number of hydrogen-bond donors (Lipinski definition) is 1. The van der Waals surface area contributed by atoms with Crippen LogP contribution in [0.1, 0.15) is 42.6 Å². The Labute approximate surface area is 127 Å². The molecule has 0 saturated heterocycles. The Balaban J connectivity index is 2.49. The van der Waals surface area contributed by atoms with Crippen LogP contribution in [0.3, 0.4) is 0 Å². The second-order valence-corrected chi connectivity index (χ2v) is 6.41. The van der Waals surface area contributed by atoms with Gasteiger partial charge in [0.15, 0.2) is 5.78 Å². The van der Waals surface area contributed by atoms with Crippen LogP contribution in [0.5, 0.6) is 0 Å². The smallest absolute Gasteiger partial charge is 0.222 e. The van der Waals surface area contributed by atoms with Crippen LogP contribution in [0, 0.1) is 12.3 Å². The van der Waals surface area contributed by atoms with Crippen molar-refractivity contribution in [1.29, 1.82) is 0 Å². The Bertz CT molecular complexity index is 492. The van der Waals surface area contributed by atoms with Gasteiger partial charge in [-0.05, 0) is 18.9 Å². The van der Waals surface area contributed by atoms with Crippen molar-refractivity contribution in [3.8, 4) is 0 Å². The summed E-state index contributed by atoms with van der Waals surface area (Å²) >= 11 is 0. The monoisotopic (exact) mass is 290 g/mol. The standard InChI is InChI=1S/C17H26N2O2/c1-13-5-7-14(8-6-13)15(20)9-10-16(21)19(4)12-17(2,3)11-18/h5-8H,9-12,18H2,1-4H3. The molecule has 1 amide bonds. The number of carbonyl (C=O) groups is 2. The first-order valence-electron chi connectivity index (χ1n) is 7.29. The van der Waals surface area contributed by atoms with Crippen LogP contribution in [0.15, 0.2) is 24.3 Å². The number of Topliss-reactive ketones (excluding diaryl/α,β-unsaturated/α-hetero) is 1. The number of aryl methyl sites for hydroxylation is 1. The largest absolute Gasteiger partial charge is 0.345 e. The highest BCUT2D eigenvalue weighted by atomic mass is 16.2. The Morgan fingerprint density at radius 2 is 1.71 bits per heavy atom. The Hall–Kier alpha value is -1.68. The van der Waals surface area contributed by atoms with Crippen molar-refractivity contribution in [3.05, 3.63) is 35.4 Å². The van der Waals surface area contributed by atoms with Gasteiger partial charge in [0, 0.05) is 32.0 Å². The third-order valence-electron chi connectivity index (χ3n) is 3.58. The molecular weight excluding hydrogens is 264 g/mol. The lowest BCUT2D eigenvalue weighted by Crippen LogP contribution is -2.39. The zero-order chi connectivity index (χ0) is 16.0. The maximum Gasteiger partial charge on any atom is 0.222 e. The fourth-order valence-corrected chi connectivity index (χ4v) is 2.09. The van der Waals surface area contributed by atoms with E-state index in [1.165, 1.54) is 0 Å². The first-order valence-corrected chi connectivity index (χ1v) is 7.29. The molecule has 1 aromatic rings. The predicted octanol–water partition coefficient (Wildman–Crippen LogP) is 2.40. The second kappa shape index (κ2) is 7.36. The van der Waals surface area contributed by atoms with Crippen LogP contribution in [-0.4, -0.2) is 36.7 Å². The first-order chi connectivity index (χ1) is 9.75. The van der Waals surface area contributed by atoms with Gasteiger partial charge in [-0.15, -0.1) is 0 Å². The van der Waals surface area contributed by atoms with E-state index in [4.69, 9.17) is 5.73 Å². The van der Waals surface area contributed by atoms with Crippen LogP contribution < -0.4 is 5.73 Å². The summed E-state index contributed by atoms with van der Waals surface area (Å²) in [6.45, 7) is 7.14. The van der Waals surface area contributed by atoms with Gasteiger partial charge in [0.2, 0.25) is 5.91 Å². The van der Waals surface area contributed by atoms with E-state index < -0.39 is 0 Å². The highest BCUT2D eigenvalue weighted by Gasteiger charge is 2.21. The van der Waals surface area contributed by atoms with Gasteiger partial charge in [0.1, 0.15) is 0 Å². The van der Waals surface area contributed by atoms with E-state index in [0.29, 0.717) is 18.7 Å². The summed E-state index contributed by atoms with van der Waals surface area (Å²) in [5.41, 5.74) is 7.35. The molecule has 0 aromatic heterocycles. The van der Waals surface area contributed by atoms with Crippen LogP contribution in [-0.2, 0) is 4.79 Å². The molecule has 0 radical (unpaired) electrons. The van der Waals surface area contributed by atoms with Crippen LogP contribution in [0.4, 0.5) is 0 Å². The van der Waals surface area contributed by atoms with Gasteiger partial charge >= 0.3 is 0 Å². The van der Waals surface area contributed by atoms with Crippen molar-refractivity contribution >= 4 is 11.7 Å². The normalized spacial score (nSPS) is 11.3. The minimum Gasteiger partial charge on any atom is -0.345 e. The lowest BCUT2D eigenvalue weighted by molar-refractivity contribution is -0.131. The molecule has 116 valence electrons. The average Bonchev–Trinajstić information content (AvgIpc) is 2.44. The molecule has 0 aliphatic heterocycles. The van der Waals surface area contributed by atoms with Crippen molar-refractivity contribution in [2.75, 3.05) is 20.1 Å². The second-order valence-electron chi connectivity index (χ2n) is 6.41. The van der Waals surface area contributed by atoms with Crippen molar-refractivity contribution in [2.24, 2.45) is 11.1 Å². The first kappa shape index (κ1) is 17.4. The van der Waals surface area contributed by atoms with Crippen molar-refractivity contribution < 1.29 is 9.59 Å². The number of hydrogen-bond acceptors (Lipinski definition) is 3. The van der Waals surface area contributed by atoms with Crippen molar-refractivity contribution in [1.82, 2.24) is 4.90 Å². The van der Waals surface area contributed by atoms with Gasteiger partial charge < -0.3 is 10.6 Å². The predicted molar refractivity (Wildman–Crippen MR) is 85.2 cm³/mol. The Morgan fingerprint density at radius 1 is 1.14 bits per heavy atom. The average molecular weight is 290 g/mol. The highest BCUT2D eigenvalue weighted by molar-refractivity contribution is 5.97. The highest BCUT2D eigenvalue weighted by Crippen LogP contribution is 2.15. The maximum absolute atomic E-state index is 12.1. The zero-order valence-corrected chi connectivity index (χ0v) is 13.5. The minimum atomic E-state index is -0.106. The summed E-state index contributed by atoms with van der Waals surface area (Å²) in [7, 11) is 1.76. The van der Waals surface area contributed by atoms with Gasteiger partial charge in [0.05, 0.1) is 0 Å². The molecule has 2 N–H and O–H groups in total. The molecule has 4 nitrogen and oxygen atoms in total. The third-order valence-corrected chi connectivity index (χ3v) is 3.58. The summed E-state index contributed by atoms with van der Waals surface area (Å²) in [5.74, 6) is -0.00757. The molecule has 0 aliphatic rings. The van der Waals surface area contributed by atoms with E-state index in [2.05, 4.69) is 0 Å². The van der Waals surface area contributed by atoms with E-state index in [0.717, 1.165) is 5.56 Å². The molecule has 1 aromatic carbocycles. The molecule has 0 heterocycles. The number of rotatable bonds is 7. The molecule has 21 heavy (non-hydrogen) atoms. The number of benzene rings is 1. The number of amides is 1. The third kappa shape index (κ3) is 5.68. The van der Waals surface area contributed by atoms with Gasteiger partial charge in [-0.2, -0.15) is 0 Å². The number of carbonyl (C=O) groups excluding carboxylic acids is 2. The van der Waals surface area contributed by atoms with E-state index in [1.807, 2.05) is 45.0 Å². The summed E-state index contributed by atoms with van der Waals surface area (Å²) in [6, 6.07) is 7.43. The Kier molecular flexibility index (Phi) is 6.09. The van der Waals surface area contributed by atoms with E-state index in [9.17, 15) is 9.59 Å². The van der Waals surface area contributed by atoms with Crippen LogP contribution in [0.25, 0.3) is 0 Å². The van der Waals surface area contributed by atoms with Crippen molar-refractivity contribution in [3.63, 3.8) is 0 Å². The molecule has 0 aliphatic carbocycles. The molecule has 1 rings (SSSR count). The maximum atomic E-state index is 12.1. The fourth-order valence-electron chi connectivity index (χ4n) is 2.09. The van der Waals surface area contributed by atoms with Gasteiger partial charge in [-0.3, -0.25) is 9.59 Å². The van der Waals surface area contributed by atoms with Crippen molar-refractivity contribution in [2.45, 2.75) is 33.6 Å². The molecule has 0 fully saturated rings. The van der Waals surface area contributed by atoms with Gasteiger partial charge in [-0.25, -0.2) is 0 Å². The quantitative estimate of drug-likeness (QED) is 0.784. The van der Waals surface area contributed by atoms with E-state index in [-0.39, 0.29) is 29.9 Å². The number of ketones is 1. The summed E-state index contributed by atoms with van der Waals surface area (Å²) in [5, 5.41) is 0. The number of nitrogens with two attached hydrogens (primary N) is 1.